The molecule has 2 fully saturated rings. The minimum absolute atomic E-state index is 0.209. The fourth-order valence-corrected chi connectivity index (χ4v) is 2.48. The highest BCUT2D eigenvalue weighted by Crippen LogP contribution is 2.26. The van der Waals surface area contributed by atoms with E-state index in [9.17, 15) is 9.59 Å². The van der Waals surface area contributed by atoms with Crippen LogP contribution >= 0.6 is 0 Å². The number of fused-ring (bicyclic) bond motifs is 1. The first-order chi connectivity index (χ1) is 9.59. The number of hydrogen-bond donors (Lipinski definition) is 1. The number of nitrogens with zero attached hydrogens (tertiary/aromatic N) is 4. The number of rotatable bonds is 2. The van der Waals surface area contributed by atoms with Gasteiger partial charge in [-0.05, 0) is 5.56 Å². The fraction of sp³-hybridized carbons (Fsp3) is 0.308. The molecule has 7 heteroatoms. The van der Waals surface area contributed by atoms with Crippen LogP contribution in [0.4, 0.5) is 9.59 Å². The summed E-state index contributed by atoms with van der Waals surface area (Å²) in [6.45, 7) is 0. The van der Waals surface area contributed by atoms with Gasteiger partial charge in [0.1, 0.15) is 0 Å². The van der Waals surface area contributed by atoms with Gasteiger partial charge in [0.25, 0.3) is 0 Å². The standard InChI is InChI=1S/C13H15N5O2/c1-16-11-10(15-12(16)19)18(13(20)17(11)2)14-8-9-6-4-3-5-7-9/h3-8,10-11H,1-2H3,(H,15,19)/b14-8-/t10-,11+/m1/s1. The van der Waals surface area contributed by atoms with Gasteiger partial charge < -0.3 is 15.1 Å². The van der Waals surface area contributed by atoms with E-state index in [2.05, 4.69) is 10.4 Å². The molecule has 1 aromatic rings. The van der Waals surface area contributed by atoms with E-state index in [1.165, 1.54) is 14.8 Å². The first kappa shape index (κ1) is 12.5. The van der Waals surface area contributed by atoms with Crippen molar-refractivity contribution >= 4 is 18.3 Å². The van der Waals surface area contributed by atoms with E-state index in [1.54, 1.807) is 20.3 Å². The molecular weight excluding hydrogens is 258 g/mol. The van der Waals surface area contributed by atoms with Crippen molar-refractivity contribution in [2.24, 2.45) is 5.10 Å². The Hall–Kier alpha value is -2.57. The summed E-state index contributed by atoms with van der Waals surface area (Å²) in [5, 5.41) is 8.27. The molecule has 0 aliphatic carbocycles. The van der Waals surface area contributed by atoms with Crippen LogP contribution in [0.25, 0.3) is 0 Å². The highest BCUT2D eigenvalue weighted by Gasteiger charge is 2.53. The van der Waals surface area contributed by atoms with Gasteiger partial charge in [0.2, 0.25) is 0 Å². The predicted octanol–water partition coefficient (Wildman–Crippen LogP) is 0.695. The van der Waals surface area contributed by atoms with Crippen LogP contribution in [-0.4, -0.2) is 59.5 Å². The van der Waals surface area contributed by atoms with Crippen LogP contribution in [0.15, 0.2) is 35.4 Å². The molecule has 0 bridgehead atoms. The first-order valence-electron chi connectivity index (χ1n) is 6.28. The molecule has 0 aromatic heterocycles. The zero-order chi connectivity index (χ0) is 14.3. The van der Waals surface area contributed by atoms with Crippen molar-refractivity contribution in [3.05, 3.63) is 35.9 Å². The number of carbonyl (C=O) groups is 2. The third-order valence-electron chi connectivity index (χ3n) is 3.56. The predicted molar refractivity (Wildman–Crippen MR) is 72.9 cm³/mol. The lowest BCUT2D eigenvalue weighted by molar-refractivity contribution is 0.161. The maximum atomic E-state index is 12.2. The topological polar surface area (TPSA) is 68.2 Å². The molecular formula is C13H15N5O2. The van der Waals surface area contributed by atoms with E-state index in [-0.39, 0.29) is 18.2 Å². The summed E-state index contributed by atoms with van der Waals surface area (Å²) in [6.07, 6.45) is 0.825. The Balaban J connectivity index is 1.85. The number of urea groups is 2. The van der Waals surface area contributed by atoms with E-state index in [1.807, 2.05) is 30.3 Å². The van der Waals surface area contributed by atoms with E-state index in [4.69, 9.17) is 0 Å². The summed E-state index contributed by atoms with van der Waals surface area (Å²) in [4.78, 5) is 26.8. The van der Waals surface area contributed by atoms with E-state index < -0.39 is 6.17 Å². The maximum absolute atomic E-state index is 12.2. The van der Waals surface area contributed by atoms with Crippen molar-refractivity contribution < 1.29 is 9.59 Å². The summed E-state index contributed by atoms with van der Waals surface area (Å²) < 4.78 is 0. The Morgan fingerprint density at radius 1 is 1.15 bits per heavy atom. The molecule has 2 aliphatic heterocycles. The Labute approximate surface area is 116 Å². The van der Waals surface area contributed by atoms with Gasteiger partial charge in [-0.3, -0.25) is 0 Å². The molecule has 20 heavy (non-hydrogen) atoms. The third-order valence-corrected chi connectivity index (χ3v) is 3.56. The molecule has 2 heterocycles. The van der Waals surface area contributed by atoms with E-state index >= 15 is 0 Å². The van der Waals surface area contributed by atoms with Crippen LogP contribution in [0.1, 0.15) is 5.56 Å². The lowest BCUT2D eigenvalue weighted by atomic mass is 10.2. The molecule has 0 radical (unpaired) electrons. The summed E-state index contributed by atoms with van der Waals surface area (Å²) in [5.74, 6) is 0. The molecule has 7 nitrogen and oxygen atoms in total. The molecule has 1 aromatic carbocycles. The van der Waals surface area contributed by atoms with Crippen molar-refractivity contribution in [2.75, 3.05) is 14.1 Å². The molecule has 4 amide bonds. The van der Waals surface area contributed by atoms with Gasteiger partial charge in [-0.25, -0.2) is 9.59 Å². The molecule has 0 unspecified atom stereocenters. The second-order valence-electron chi connectivity index (χ2n) is 4.81. The van der Waals surface area contributed by atoms with Gasteiger partial charge in [0, 0.05) is 14.1 Å². The molecule has 2 atom stereocenters. The Morgan fingerprint density at radius 2 is 1.85 bits per heavy atom. The zero-order valence-electron chi connectivity index (χ0n) is 11.2. The van der Waals surface area contributed by atoms with Gasteiger partial charge in [-0.2, -0.15) is 10.1 Å². The highest BCUT2D eigenvalue weighted by atomic mass is 16.2. The number of hydrazone groups is 1. The highest BCUT2D eigenvalue weighted by molar-refractivity contribution is 5.86. The molecule has 2 saturated heterocycles. The van der Waals surface area contributed by atoms with Gasteiger partial charge in [-0.15, -0.1) is 0 Å². The van der Waals surface area contributed by atoms with Crippen LogP contribution in [0.2, 0.25) is 0 Å². The van der Waals surface area contributed by atoms with Crippen molar-refractivity contribution in [2.45, 2.75) is 12.3 Å². The summed E-state index contributed by atoms with van der Waals surface area (Å²) in [6, 6.07) is 9.04. The van der Waals surface area contributed by atoms with Gasteiger partial charge in [-0.1, -0.05) is 30.3 Å². The molecule has 0 saturated carbocycles. The monoisotopic (exact) mass is 273 g/mol. The lowest BCUT2D eigenvalue weighted by Gasteiger charge is -2.21. The Kier molecular flexibility index (Phi) is 2.81. The van der Waals surface area contributed by atoms with Gasteiger partial charge in [0.05, 0.1) is 6.21 Å². The Morgan fingerprint density at radius 3 is 2.55 bits per heavy atom. The summed E-state index contributed by atoms with van der Waals surface area (Å²) in [7, 11) is 3.32. The molecule has 104 valence electrons. The smallest absolute Gasteiger partial charge is 0.312 e. The van der Waals surface area contributed by atoms with Gasteiger partial charge in [0.15, 0.2) is 12.3 Å². The summed E-state index contributed by atoms with van der Waals surface area (Å²) >= 11 is 0. The van der Waals surface area contributed by atoms with Crippen molar-refractivity contribution in [3.8, 4) is 0 Å². The average Bonchev–Trinajstić information content (AvgIpc) is 2.86. The van der Waals surface area contributed by atoms with Crippen LogP contribution in [-0.2, 0) is 0 Å². The lowest BCUT2D eigenvalue weighted by Crippen LogP contribution is -2.42. The average molecular weight is 273 g/mol. The SMILES string of the molecule is CN1C(=O)N[C@H]2[C@@H]1N(C)C(=O)N2/N=C\c1ccccc1. The zero-order valence-corrected chi connectivity index (χ0v) is 11.2. The largest absolute Gasteiger partial charge is 0.344 e. The number of likely N-dealkylation sites (N-methyl/N-ethyl adjacent to an activating group) is 2. The number of nitrogens with one attached hydrogen (secondary N) is 1. The second-order valence-corrected chi connectivity index (χ2v) is 4.81. The second kappa shape index (κ2) is 4.52. The van der Waals surface area contributed by atoms with Crippen LogP contribution < -0.4 is 5.32 Å². The summed E-state index contributed by atoms with van der Waals surface area (Å²) in [5.41, 5.74) is 0.893. The van der Waals surface area contributed by atoms with Crippen molar-refractivity contribution in [1.82, 2.24) is 20.1 Å². The van der Waals surface area contributed by atoms with Crippen LogP contribution in [0.5, 0.6) is 0 Å². The van der Waals surface area contributed by atoms with Crippen LogP contribution in [0, 0.1) is 0 Å². The fourth-order valence-electron chi connectivity index (χ4n) is 2.48. The number of carbonyl (C=O) groups excluding carboxylic acids is 2. The molecule has 3 rings (SSSR count). The minimum atomic E-state index is -0.454. The quantitative estimate of drug-likeness (QED) is 0.806. The molecule has 2 aliphatic rings. The first-order valence-corrected chi connectivity index (χ1v) is 6.28. The van der Waals surface area contributed by atoms with Crippen molar-refractivity contribution in [1.29, 1.82) is 0 Å². The van der Waals surface area contributed by atoms with Crippen molar-refractivity contribution in [3.63, 3.8) is 0 Å². The van der Waals surface area contributed by atoms with E-state index in [0.717, 1.165) is 5.56 Å². The van der Waals surface area contributed by atoms with Gasteiger partial charge >= 0.3 is 12.1 Å². The molecule has 0 spiro atoms. The maximum Gasteiger partial charge on any atom is 0.344 e. The number of hydrogen-bond acceptors (Lipinski definition) is 3. The van der Waals surface area contributed by atoms with E-state index in [0.29, 0.717) is 0 Å². The normalized spacial score (nSPS) is 25.6. The molecule has 1 N–H and O–H groups in total. The Bertz CT molecular complexity index is 573. The minimum Gasteiger partial charge on any atom is -0.312 e. The third kappa shape index (κ3) is 1.78. The van der Waals surface area contributed by atoms with Crippen LogP contribution in [0.3, 0.4) is 0 Å². The number of amides is 4. The number of benzene rings is 1.